The lowest BCUT2D eigenvalue weighted by Gasteiger charge is -2.11. The molecule has 0 bridgehead atoms. The van der Waals surface area contributed by atoms with Crippen molar-refractivity contribution >= 4 is 15.9 Å². The first-order chi connectivity index (χ1) is 6.86. The molecule has 1 atom stereocenters. The summed E-state index contributed by atoms with van der Waals surface area (Å²) < 4.78 is 11.9. The van der Waals surface area contributed by atoms with E-state index in [1.54, 1.807) is 6.20 Å². The zero-order valence-electron chi connectivity index (χ0n) is 7.78. The fourth-order valence-corrected chi connectivity index (χ4v) is 1.79. The largest absolute Gasteiger partial charge is 0.474 e. The lowest BCUT2D eigenvalue weighted by atomic mass is 10.2. The molecule has 0 spiro atoms. The number of rotatable bonds is 3. The highest BCUT2D eigenvalue weighted by molar-refractivity contribution is 9.10. The second kappa shape index (κ2) is 4.75. The highest BCUT2D eigenvalue weighted by atomic mass is 79.9. The molecule has 1 aromatic rings. The topological polar surface area (TPSA) is 31.4 Å². The first-order valence-corrected chi connectivity index (χ1v) is 5.50. The molecule has 1 aromatic heterocycles. The lowest BCUT2D eigenvalue weighted by Crippen LogP contribution is -2.16. The summed E-state index contributed by atoms with van der Waals surface area (Å²) in [5, 5.41) is 0. The molecule has 1 aliphatic heterocycles. The lowest BCUT2D eigenvalue weighted by molar-refractivity contribution is 0.0660. The molecule has 2 rings (SSSR count). The Morgan fingerprint density at radius 3 is 3.29 bits per heavy atom. The second-order valence-corrected chi connectivity index (χ2v) is 4.09. The summed E-state index contributed by atoms with van der Waals surface area (Å²) in [6.45, 7) is 1.45. The summed E-state index contributed by atoms with van der Waals surface area (Å²) in [6, 6.07) is 3.78. The van der Waals surface area contributed by atoms with E-state index >= 15 is 0 Å². The first-order valence-electron chi connectivity index (χ1n) is 4.71. The standard InChI is InChI=1S/C10H12BrNO2/c11-9-4-1-5-12-10(9)14-7-8-3-2-6-13-8/h1,4-5,8H,2-3,6-7H2. The smallest absolute Gasteiger partial charge is 0.228 e. The van der Waals surface area contributed by atoms with Crippen LogP contribution in [0.1, 0.15) is 12.8 Å². The summed E-state index contributed by atoms with van der Waals surface area (Å²) >= 11 is 3.38. The Bertz CT molecular complexity index is 300. The van der Waals surface area contributed by atoms with Crippen molar-refractivity contribution in [3.63, 3.8) is 0 Å². The summed E-state index contributed by atoms with van der Waals surface area (Å²) in [4.78, 5) is 4.11. The van der Waals surface area contributed by atoms with Gasteiger partial charge in [0.25, 0.3) is 0 Å². The number of aromatic nitrogens is 1. The second-order valence-electron chi connectivity index (χ2n) is 3.24. The molecule has 1 fully saturated rings. The van der Waals surface area contributed by atoms with E-state index in [2.05, 4.69) is 20.9 Å². The fourth-order valence-electron chi connectivity index (χ4n) is 1.43. The fraction of sp³-hybridized carbons (Fsp3) is 0.500. The van der Waals surface area contributed by atoms with Gasteiger partial charge in [0.05, 0.1) is 10.6 Å². The van der Waals surface area contributed by atoms with Crippen LogP contribution in [0.4, 0.5) is 0 Å². The Labute approximate surface area is 91.6 Å². The molecule has 0 radical (unpaired) electrons. The Hall–Kier alpha value is -0.610. The number of halogens is 1. The summed E-state index contributed by atoms with van der Waals surface area (Å²) in [6.07, 6.45) is 4.18. The van der Waals surface area contributed by atoms with Gasteiger partial charge in [-0.1, -0.05) is 0 Å². The van der Waals surface area contributed by atoms with Crippen LogP contribution in [0.25, 0.3) is 0 Å². The van der Waals surface area contributed by atoms with Gasteiger partial charge >= 0.3 is 0 Å². The predicted octanol–water partition coefficient (Wildman–Crippen LogP) is 2.40. The predicted molar refractivity (Wildman–Crippen MR) is 56.4 cm³/mol. The highest BCUT2D eigenvalue weighted by Crippen LogP contribution is 2.22. The van der Waals surface area contributed by atoms with Crippen molar-refractivity contribution in [2.24, 2.45) is 0 Å². The zero-order chi connectivity index (χ0) is 9.80. The Kier molecular flexibility index (Phi) is 3.37. The van der Waals surface area contributed by atoms with Crippen LogP contribution in [0.2, 0.25) is 0 Å². The molecule has 14 heavy (non-hydrogen) atoms. The van der Waals surface area contributed by atoms with E-state index in [1.165, 1.54) is 0 Å². The van der Waals surface area contributed by atoms with Crippen molar-refractivity contribution in [1.29, 1.82) is 0 Å². The van der Waals surface area contributed by atoms with Crippen LogP contribution in [-0.2, 0) is 4.74 Å². The van der Waals surface area contributed by atoms with Gasteiger partial charge in [0, 0.05) is 12.8 Å². The monoisotopic (exact) mass is 257 g/mol. The maximum absolute atomic E-state index is 5.54. The third-order valence-electron chi connectivity index (χ3n) is 2.15. The number of hydrogen-bond donors (Lipinski definition) is 0. The minimum absolute atomic E-state index is 0.240. The van der Waals surface area contributed by atoms with Crippen molar-refractivity contribution in [2.75, 3.05) is 13.2 Å². The summed E-state index contributed by atoms with van der Waals surface area (Å²) in [7, 11) is 0. The van der Waals surface area contributed by atoms with E-state index < -0.39 is 0 Å². The molecular formula is C10H12BrNO2. The van der Waals surface area contributed by atoms with E-state index in [4.69, 9.17) is 9.47 Å². The van der Waals surface area contributed by atoms with Crippen LogP contribution in [-0.4, -0.2) is 24.3 Å². The van der Waals surface area contributed by atoms with E-state index in [9.17, 15) is 0 Å². The van der Waals surface area contributed by atoms with Gasteiger partial charge in [-0.25, -0.2) is 4.98 Å². The Morgan fingerprint density at radius 1 is 1.64 bits per heavy atom. The average Bonchev–Trinajstić information content (AvgIpc) is 2.69. The van der Waals surface area contributed by atoms with Gasteiger partial charge in [-0.15, -0.1) is 0 Å². The molecule has 1 unspecified atom stereocenters. The van der Waals surface area contributed by atoms with E-state index in [0.29, 0.717) is 12.5 Å². The van der Waals surface area contributed by atoms with Crippen molar-refractivity contribution in [2.45, 2.75) is 18.9 Å². The summed E-state index contributed by atoms with van der Waals surface area (Å²) in [5.41, 5.74) is 0. The maximum Gasteiger partial charge on any atom is 0.228 e. The van der Waals surface area contributed by atoms with Crippen molar-refractivity contribution in [3.05, 3.63) is 22.8 Å². The molecular weight excluding hydrogens is 246 g/mol. The third kappa shape index (κ3) is 2.45. The number of ether oxygens (including phenoxy) is 2. The van der Waals surface area contributed by atoms with Gasteiger partial charge < -0.3 is 9.47 Å². The van der Waals surface area contributed by atoms with Crippen LogP contribution in [0.3, 0.4) is 0 Å². The van der Waals surface area contributed by atoms with Crippen LogP contribution in [0.5, 0.6) is 5.88 Å². The maximum atomic E-state index is 5.54. The highest BCUT2D eigenvalue weighted by Gasteiger charge is 2.16. The van der Waals surface area contributed by atoms with E-state index in [-0.39, 0.29) is 6.10 Å². The van der Waals surface area contributed by atoms with Gasteiger partial charge in [0.15, 0.2) is 0 Å². The number of nitrogens with zero attached hydrogens (tertiary/aromatic N) is 1. The molecule has 1 saturated heterocycles. The molecule has 2 heterocycles. The molecule has 3 nitrogen and oxygen atoms in total. The number of hydrogen-bond acceptors (Lipinski definition) is 3. The zero-order valence-corrected chi connectivity index (χ0v) is 9.37. The molecule has 4 heteroatoms. The SMILES string of the molecule is Brc1cccnc1OCC1CCCO1. The Morgan fingerprint density at radius 2 is 2.57 bits per heavy atom. The van der Waals surface area contributed by atoms with Gasteiger partial charge in [-0.3, -0.25) is 0 Å². The molecule has 0 saturated carbocycles. The van der Waals surface area contributed by atoms with Crippen LogP contribution in [0.15, 0.2) is 22.8 Å². The number of pyridine rings is 1. The summed E-state index contributed by atoms with van der Waals surface area (Å²) in [5.74, 6) is 0.642. The quantitative estimate of drug-likeness (QED) is 0.834. The van der Waals surface area contributed by atoms with E-state index in [1.807, 2.05) is 12.1 Å². The third-order valence-corrected chi connectivity index (χ3v) is 2.76. The molecule has 0 N–H and O–H groups in total. The van der Waals surface area contributed by atoms with Gasteiger partial charge in [0.2, 0.25) is 5.88 Å². The van der Waals surface area contributed by atoms with E-state index in [0.717, 1.165) is 23.9 Å². The minimum Gasteiger partial charge on any atom is -0.474 e. The van der Waals surface area contributed by atoms with Crippen molar-refractivity contribution in [3.8, 4) is 5.88 Å². The first kappa shape index (κ1) is 9.93. The average molecular weight is 258 g/mol. The molecule has 0 aliphatic carbocycles. The van der Waals surface area contributed by atoms with Gasteiger partial charge in [0.1, 0.15) is 6.61 Å². The van der Waals surface area contributed by atoms with Crippen molar-refractivity contribution in [1.82, 2.24) is 4.98 Å². The van der Waals surface area contributed by atoms with Gasteiger partial charge in [-0.05, 0) is 40.9 Å². The molecule has 1 aliphatic rings. The Balaban J connectivity index is 1.88. The molecule has 0 amide bonds. The van der Waals surface area contributed by atoms with Gasteiger partial charge in [-0.2, -0.15) is 0 Å². The van der Waals surface area contributed by atoms with Crippen LogP contribution < -0.4 is 4.74 Å². The van der Waals surface area contributed by atoms with Crippen molar-refractivity contribution < 1.29 is 9.47 Å². The molecule has 0 aromatic carbocycles. The molecule has 76 valence electrons. The normalized spacial score (nSPS) is 21.1. The van der Waals surface area contributed by atoms with Crippen LogP contribution in [0, 0.1) is 0 Å². The van der Waals surface area contributed by atoms with Crippen LogP contribution >= 0.6 is 15.9 Å². The minimum atomic E-state index is 0.240.